The molecule has 0 fully saturated rings. The van der Waals surface area contributed by atoms with Crippen molar-refractivity contribution in [2.24, 2.45) is 0 Å². The third-order valence-corrected chi connectivity index (χ3v) is 6.07. The van der Waals surface area contributed by atoms with E-state index in [-0.39, 0.29) is 22.6 Å². The van der Waals surface area contributed by atoms with E-state index in [1.807, 2.05) is 45.0 Å². The highest BCUT2D eigenvalue weighted by atomic mass is 32.2. The predicted octanol–water partition coefficient (Wildman–Crippen LogP) is 3.32. The Kier molecular flexibility index (Phi) is 14.5. The predicted molar refractivity (Wildman–Crippen MR) is 138 cm³/mol. The minimum atomic E-state index is -3.87. The van der Waals surface area contributed by atoms with Gasteiger partial charge in [0.05, 0.1) is 18.1 Å². The lowest BCUT2D eigenvalue weighted by Crippen LogP contribution is -2.42. The maximum atomic E-state index is 10.7. The molecule has 0 aliphatic rings. The topological polar surface area (TPSA) is 142 Å². The molecular weight excluding hydrogens is 480 g/mol. The summed E-state index contributed by atoms with van der Waals surface area (Å²) in [5, 5.41) is 6.44. The van der Waals surface area contributed by atoms with E-state index in [2.05, 4.69) is 31.4 Å². The first kappa shape index (κ1) is 32.8. The largest absolute Gasteiger partial charge is 0.494 e. The molecule has 0 aliphatic carbocycles. The molecule has 0 aromatic heterocycles. The first-order valence-corrected chi connectivity index (χ1v) is 14.8. The highest BCUT2D eigenvalue weighted by molar-refractivity contribution is 7.86. The van der Waals surface area contributed by atoms with E-state index in [1.54, 1.807) is 0 Å². The molecule has 0 saturated carbocycles. The molecule has 11 heteroatoms. The average molecular weight is 525 g/mol. The summed E-state index contributed by atoms with van der Waals surface area (Å²) < 4.78 is 64.6. The van der Waals surface area contributed by atoms with E-state index in [0.717, 1.165) is 25.2 Å². The molecule has 0 saturated heterocycles. The number of hydrogen-bond acceptors (Lipinski definition) is 7. The van der Waals surface area contributed by atoms with Crippen molar-refractivity contribution >= 4 is 20.2 Å². The second kappa shape index (κ2) is 15.0. The highest BCUT2D eigenvalue weighted by Gasteiger charge is 2.18. The van der Waals surface area contributed by atoms with Crippen molar-refractivity contribution in [2.45, 2.75) is 78.3 Å². The van der Waals surface area contributed by atoms with Crippen LogP contribution in [0.4, 0.5) is 0 Å². The molecule has 4 N–H and O–H groups in total. The summed E-state index contributed by atoms with van der Waals surface area (Å²) >= 11 is 0. The Morgan fingerprint density at radius 2 is 1.29 bits per heavy atom. The summed E-state index contributed by atoms with van der Waals surface area (Å²) in [6.45, 7) is 14.1. The monoisotopic (exact) mass is 524 g/mol. The molecule has 0 radical (unpaired) electrons. The van der Waals surface area contributed by atoms with Crippen LogP contribution in [0, 0.1) is 0 Å². The van der Waals surface area contributed by atoms with E-state index in [0.29, 0.717) is 25.9 Å². The Morgan fingerprint density at radius 1 is 0.824 bits per heavy atom. The van der Waals surface area contributed by atoms with Crippen LogP contribution in [0.1, 0.15) is 66.4 Å². The molecule has 200 valence electrons. The molecule has 0 unspecified atom stereocenters. The Morgan fingerprint density at radius 3 is 1.71 bits per heavy atom. The van der Waals surface area contributed by atoms with Crippen LogP contribution in [0.25, 0.3) is 0 Å². The summed E-state index contributed by atoms with van der Waals surface area (Å²) in [6, 6.07) is 8.04. The summed E-state index contributed by atoms with van der Waals surface area (Å²) in [5.41, 5.74) is 1.04. The Balaban J connectivity index is 0.000000770. The molecule has 0 aliphatic heterocycles. The Hall–Kier alpha value is -1.24. The normalized spacial score (nSPS) is 12.7. The van der Waals surface area contributed by atoms with Crippen LogP contribution in [0.2, 0.25) is 0 Å². The van der Waals surface area contributed by atoms with Gasteiger partial charge >= 0.3 is 0 Å². The number of hydrogen-bond donors (Lipinski definition) is 4. The van der Waals surface area contributed by atoms with Gasteiger partial charge in [-0.15, -0.1) is 0 Å². The first-order valence-electron chi connectivity index (χ1n) is 11.5. The van der Waals surface area contributed by atoms with Crippen molar-refractivity contribution in [3.63, 3.8) is 0 Å². The van der Waals surface area contributed by atoms with Crippen LogP contribution in [-0.4, -0.2) is 68.2 Å². The van der Waals surface area contributed by atoms with E-state index in [4.69, 9.17) is 13.8 Å². The standard InChI is InChI=1S/C16H27NO4S.C7H17NO3S/c1-4-11-21-15-8-6-14(7-9-15)13-16(2,3)17-10-5-12-22(18,19)20;1-7(2,3)8-5-4-6-12(9,10)11/h6-9,17H,4-5,10-13H2,1-3H3,(H,18,19,20);8H,4-6H2,1-3H3,(H,9,10,11). The molecule has 1 rings (SSSR count). The van der Waals surface area contributed by atoms with E-state index in [1.165, 1.54) is 5.56 Å². The lowest BCUT2D eigenvalue weighted by molar-refractivity contribution is 0.317. The molecule has 0 amide bonds. The summed E-state index contributed by atoms with van der Waals surface area (Å²) in [4.78, 5) is 0. The van der Waals surface area contributed by atoms with Crippen molar-refractivity contribution < 1.29 is 30.7 Å². The van der Waals surface area contributed by atoms with Crippen LogP contribution in [0.15, 0.2) is 24.3 Å². The van der Waals surface area contributed by atoms with E-state index < -0.39 is 20.2 Å². The maximum absolute atomic E-state index is 10.7. The lowest BCUT2D eigenvalue weighted by Gasteiger charge is -2.26. The molecule has 0 heterocycles. The van der Waals surface area contributed by atoms with Crippen LogP contribution in [0.5, 0.6) is 5.75 Å². The lowest BCUT2D eigenvalue weighted by atomic mass is 9.95. The molecule has 34 heavy (non-hydrogen) atoms. The molecule has 9 nitrogen and oxygen atoms in total. The Labute approximate surface area is 206 Å². The highest BCUT2D eigenvalue weighted by Crippen LogP contribution is 2.17. The minimum Gasteiger partial charge on any atom is -0.494 e. The maximum Gasteiger partial charge on any atom is 0.264 e. The van der Waals surface area contributed by atoms with E-state index >= 15 is 0 Å². The van der Waals surface area contributed by atoms with Crippen molar-refractivity contribution in [1.82, 2.24) is 10.6 Å². The second-order valence-electron chi connectivity index (χ2n) is 9.94. The molecule has 1 aromatic rings. The van der Waals surface area contributed by atoms with Crippen molar-refractivity contribution in [3.05, 3.63) is 29.8 Å². The fourth-order valence-electron chi connectivity index (χ4n) is 2.90. The number of benzene rings is 1. The SMILES string of the molecule is CC(C)(C)NCCCS(=O)(=O)O.CCCOc1ccc(CC(C)(C)NCCCS(=O)(=O)O)cc1. The van der Waals surface area contributed by atoms with Gasteiger partial charge in [-0.1, -0.05) is 19.1 Å². The number of rotatable bonds is 14. The van der Waals surface area contributed by atoms with Crippen molar-refractivity contribution in [1.29, 1.82) is 0 Å². The fraction of sp³-hybridized carbons (Fsp3) is 0.739. The van der Waals surface area contributed by atoms with Crippen molar-refractivity contribution in [2.75, 3.05) is 31.2 Å². The molecule has 0 bridgehead atoms. The van der Waals surface area contributed by atoms with Crippen LogP contribution in [-0.2, 0) is 26.7 Å². The summed E-state index contributed by atoms with van der Waals surface area (Å²) in [7, 11) is -7.65. The molecular formula is C23H44N2O7S2. The molecule has 0 spiro atoms. The van der Waals surface area contributed by atoms with Gasteiger partial charge in [-0.25, -0.2) is 0 Å². The third-order valence-electron chi connectivity index (χ3n) is 4.46. The third kappa shape index (κ3) is 21.3. The van der Waals surface area contributed by atoms with Crippen LogP contribution in [0.3, 0.4) is 0 Å². The number of ether oxygens (including phenoxy) is 1. The zero-order valence-electron chi connectivity index (χ0n) is 21.4. The van der Waals surface area contributed by atoms with Gasteiger partial charge < -0.3 is 15.4 Å². The van der Waals surface area contributed by atoms with Gasteiger partial charge in [0.25, 0.3) is 20.2 Å². The summed E-state index contributed by atoms with van der Waals surface area (Å²) in [5.74, 6) is 0.500. The number of nitrogens with one attached hydrogen (secondary N) is 2. The zero-order chi connectivity index (χ0) is 26.5. The average Bonchev–Trinajstić information content (AvgIpc) is 2.66. The molecule has 0 atom stereocenters. The second-order valence-corrected chi connectivity index (χ2v) is 13.1. The van der Waals surface area contributed by atoms with Crippen molar-refractivity contribution in [3.8, 4) is 5.75 Å². The van der Waals surface area contributed by atoms with Gasteiger partial charge in [0.1, 0.15) is 5.75 Å². The Bertz CT molecular complexity index is 892. The molecule has 1 aromatic carbocycles. The van der Waals surface area contributed by atoms with Crippen LogP contribution < -0.4 is 15.4 Å². The van der Waals surface area contributed by atoms with Gasteiger partial charge in [-0.3, -0.25) is 9.11 Å². The van der Waals surface area contributed by atoms with Gasteiger partial charge in [-0.05, 0) is 91.1 Å². The quantitative estimate of drug-likeness (QED) is 0.213. The zero-order valence-corrected chi connectivity index (χ0v) is 23.1. The summed E-state index contributed by atoms with van der Waals surface area (Å²) in [6.07, 6.45) is 2.65. The fourth-order valence-corrected chi connectivity index (χ4v) is 3.91. The smallest absolute Gasteiger partial charge is 0.264 e. The van der Waals surface area contributed by atoms with Gasteiger partial charge in [0, 0.05) is 11.1 Å². The van der Waals surface area contributed by atoms with Gasteiger partial charge in [0.15, 0.2) is 0 Å². The first-order chi connectivity index (χ1) is 15.4. The van der Waals surface area contributed by atoms with E-state index in [9.17, 15) is 16.8 Å². The van der Waals surface area contributed by atoms with Crippen LogP contribution >= 0.6 is 0 Å². The van der Waals surface area contributed by atoms with Gasteiger partial charge in [-0.2, -0.15) is 16.8 Å². The van der Waals surface area contributed by atoms with Gasteiger partial charge in [0.2, 0.25) is 0 Å². The minimum absolute atomic E-state index is 0.000776.